The first kappa shape index (κ1) is 9.40. The molecule has 0 aliphatic carbocycles. The average molecular weight is 253 g/mol. The van der Waals surface area contributed by atoms with E-state index in [9.17, 15) is 4.79 Å². The number of hydrogen-bond acceptors (Lipinski definition) is 2. The number of hydrogen-bond donors (Lipinski definition) is 0. The number of halogens is 1. The predicted molar refractivity (Wildman–Crippen MR) is 59.4 cm³/mol. The molecule has 0 radical (unpaired) electrons. The Morgan fingerprint density at radius 2 is 2.14 bits per heavy atom. The van der Waals surface area contributed by atoms with Gasteiger partial charge in [-0.15, -0.1) is 0 Å². The van der Waals surface area contributed by atoms with Gasteiger partial charge in [-0.05, 0) is 40.5 Å². The fourth-order valence-corrected chi connectivity index (χ4v) is 2.09. The molecule has 0 saturated carbocycles. The van der Waals surface area contributed by atoms with Gasteiger partial charge < -0.3 is 4.57 Å². The third-order valence-corrected chi connectivity index (χ3v) is 2.72. The van der Waals surface area contributed by atoms with Crippen molar-refractivity contribution in [1.82, 2.24) is 9.55 Å². The second kappa shape index (κ2) is 3.20. The molecule has 1 heterocycles. The molecule has 1 aromatic carbocycles. The van der Waals surface area contributed by atoms with Crippen LogP contribution in [0.4, 0.5) is 0 Å². The molecule has 0 unspecified atom stereocenters. The van der Waals surface area contributed by atoms with Crippen LogP contribution in [0, 0.1) is 6.92 Å². The fraction of sp³-hybridized carbons (Fsp3) is 0.200. The molecule has 1 aromatic heterocycles. The Morgan fingerprint density at radius 3 is 2.86 bits per heavy atom. The first-order valence-electron chi connectivity index (χ1n) is 4.21. The quantitative estimate of drug-likeness (QED) is 0.719. The first-order valence-corrected chi connectivity index (χ1v) is 5.00. The molecular weight excluding hydrogens is 244 g/mol. The SMILES string of the molecule is Cc1cc(Br)c2ncn(C)c(=O)c2c1. The van der Waals surface area contributed by atoms with Crippen LogP contribution in [0.5, 0.6) is 0 Å². The molecule has 0 atom stereocenters. The Kier molecular flexibility index (Phi) is 2.15. The summed E-state index contributed by atoms with van der Waals surface area (Å²) < 4.78 is 2.35. The summed E-state index contributed by atoms with van der Waals surface area (Å²) in [6.07, 6.45) is 1.53. The largest absolute Gasteiger partial charge is 0.302 e. The van der Waals surface area contributed by atoms with Gasteiger partial charge in [0.15, 0.2) is 0 Å². The van der Waals surface area contributed by atoms with Crippen molar-refractivity contribution >= 4 is 26.8 Å². The van der Waals surface area contributed by atoms with Crippen LogP contribution in [0.3, 0.4) is 0 Å². The molecule has 4 heteroatoms. The minimum atomic E-state index is -0.0144. The van der Waals surface area contributed by atoms with Crippen molar-refractivity contribution in [3.05, 3.63) is 38.9 Å². The summed E-state index contributed by atoms with van der Waals surface area (Å²) in [7, 11) is 1.70. The standard InChI is InChI=1S/C10H9BrN2O/c1-6-3-7-9(8(11)4-6)12-5-13(2)10(7)14/h3-5H,1-2H3. The molecule has 2 aromatic rings. The summed E-state index contributed by atoms with van der Waals surface area (Å²) in [5, 5.41) is 0.655. The Morgan fingerprint density at radius 1 is 1.43 bits per heavy atom. The van der Waals surface area contributed by atoms with Gasteiger partial charge in [-0.1, -0.05) is 0 Å². The van der Waals surface area contributed by atoms with Crippen molar-refractivity contribution in [2.24, 2.45) is 7.05 Å². The minimum absolute atomic E-state index is 0.0144. The van der Waals surface area contributed by atoms with Gasteiger partial charge in [-0.3, -0.25) is 4.79 Å². The van der Waals surface area contributed by atoms with E-state index < -0.39 is 0 Å². The minimum Gasteiger partial charge on any atom is -0.302 e. The van der Waals surface area contributed by atoms with Crippen LogP contribution in [0.2, 0.25) is 0 Å². The highest BCUT2D eigenvalue weighted by molar-refractivity contribution is 9.10. The van der Waals surface area contributed by atoms with Gasteiger partial charge in [0.1, 0.15) is 0 Å². The topological polar surface area (TPSA) is 34.9 Å². The lowest BCUT2D eigenvalue weighted by atomic mass is 10.2. The van der Waals surface area contributed by atoms with Gasteiger partial charge in [0, 0.05) is 11.5 Å². The zero-order chi connectivity index (χ0) is 10.3. The van der Waals surface area contributed by atoms with E-state index >= 15 is 0 Å². The zero-order valence-electron chi connectivity index (χ0n) is 7.91. The second-order valence-corrected chi connectivity index (χ2v) is 4.16. The molecule has 0 fully saturated rings. The van der Waals surface area contributed by atoms with Crippen LogP contribution < -0.4 is 5.56 Å². The summed E-state index contributed by atoms with van der Waals surface area (Å²) in [5.74, 6) is 0. The van der Waals surface area contributed by atoms with E-state index in [0.717, 1.165) is 15.6 Å². The van der Waals surface area contributed by atoms with Gasteiger partial charge in [0.2, 0.25) is 0 Å². The highest BCUT2D eigenvalue weighted by atomic mass is 79.9. The Bertz CT molecular complexity index is 560. The zero-order valence-corrected chi connectivity index (χ0v) is 9.50. The molecular formula is C10H9BrN2O. The number of nitrogens with zero attached hydrogens (tertiary/aromatic N) is 2. The molecule has 2 rings (SSSR count). The van der Waals surface area contributed by atoms with Crippen molar-refractivity contribution in [2.75, 3.05) is 0 Å². The first-order chi connectivity index (χ1) is 6.59. The van der Waals surface area contributed by atoms with E-state index in [2.05, 4.69) is 20.9 Å². The van der Waals surface area contributed by atoms with E-state index in [4.69, 9.17) is 0 Å². The number of aromatic nitrogens is 2. The van der Waals surface area contributed by atoms with Gasteiger partial charge in [0.05, 0.1) is 17.2 Å². The Balaban J connectivity index is 3.03. The molecule has 0 spiro atoms. The van der Waals surface area contributed by atoms with Crippen LogP contribution in [0.15, 0.2) is 27.7 Å². The lowest BCUT2D eigenvalue weighted by Crippen LogP contribution is -2.17. The molecule has 0 aliphatic rings. The molecule has 0 aliphatic heterocycles. The van der Waals surface area contributed by atoms with Crippen LogP contribution >= 0.6 is 15.9 Å². The summed E-state index contributed by atoms with van der Waals surface area (Å²) in [5.41, 5.74) is 1.76. The second-order valence-electron chi connectivity index (χ2n) is 3.30. The van der Waals surface area contributed by atoms with Crippen LogP contribution in [0.25, 0.3) is 10.9 Å². The molecule has 0 saturated heterocycles. The molecule has 3 nitrogen and oxygen atoms in total. The van der Waals surface area contributed by atoms with Crippen molar-refractivity contribution in [1.29, 1.82) is 0 Å². The lowest BCUT2D eigenvalue weighted by molar-refractivity contribution is 0.842. The summed E-state index contributed by atoms with van der Waals surface area (Å²) >= 11 is 3.40. The average Bonchev–Trinajstić information content (AvgIpc) is 2.12. The molecule has 0 N–H and O–H groups in total. The predicted octanol–water partition coefficient (Wildman–Crippen LogP) is 2.00. The summed E-state index contributed by atoms with van der Waals surface area (Å²) in [6, 6.07) is 3.81. The third kappa shape index (κ3) is 1.35. The van der Waals surface area contributed by atoms with Crippen molar-refractivity contribution in [3.63, 3.8) is 0 Å². The Hall–Kier alpha value is -1.16. The van der Waals surface area contributed by atoms with E-state index in [1.165, 1.54) is 10.9 Å². The van der Waals surface area contributed by atoms with E-state index in [1.54, 1.807) is 7.05 Å². The fourth-order valence-electron chi connectivity index (χ4n) is 1.42. The van der Waals surface area contributed by atoms with Gasteiger partial charge in [-0.25, -0.2) is 4.98 Å². The monoisotopic (exact) mass is 252 g/mol. The van der Waals surface area contributed by atoms with Crippen molar-refractivity contribution in [3.8, 4) is 0 Å². The molecule has 0 amide bonds. The molecule has 72 valence electrons. The van der Waals surface area contributed by atoms with Gasteiger partial charge in [0.25, 0.3) is 5.56 Å². The van der Waals surface area contributed by atoms with E-state index in [0.29, 0.717) is 5.39 Å². The smallest absolute Gasteiger partial charge is 0.260 e. The highest BCUT2D eigenvalue weighted by Gasteiger charge is 2.05. The maximum atomic E-state index is 11.7. The van der Waals surface area contributed by atoms with E-state index in [1.807, 2.05) is 19.1 Å². The number of fused-ring (bicyclic) bond motifs is 1. The van der Waals surface area contributed by atoms with Crippen LogP contribution in [0.1, 0.15) is 5.56 Å². The highest BCUT2D eigenvalue weighted by Crippen LogP contribution is 2.20. The van der Waals surface area contributed by atoms with Gasteiger partial charge >= 0.3 is 0 Å². The van der Waals surface area contributed by atoms with Crippen molar-refractivity contribution in [2.45, 2.75) is 6.92 Å². The van der Waals surface area contributed by atoms with E-state index in [-0.39, 0.29) is 5.56 Å². The van der Waals surface area contributed by atoms with Crippen LogP contribution in [-0.2, 0) is 7.05 Å². The number of benzene rings is 1. The maximum absolute atomic E-state index is 11.7. The lowest BCUT2D eigenvalue weighted by Gasteiger charge is -2.03. The molecule has 0 bridgehead atoms. The van der Waals surface area contributed by atoms with Crippen molar-refractivity contribution < 1.29 is 0 Å². The normalized spacial score (nSPS) is 10.8. The summed E-state index contributed by atoms with van der Waals surface area (Å²) in [4.78, 5) is 15.9. The Labute approximate surface area is 89.5 Å². The summed E-state index contributed by atoms with van der Waals surface area (Å²) in [6.45, 7) is 1.96. The number of rotatable bonds is 0. The van der Waals surface area contributed by atoms with Crippen LogP contribution in [-0.4, -0.2) is 9.55 Å². The maximum Gasteiger partial charge on any atom is 0.260 e. The van der Waals surface area contributed by atoms with Gasteiger partial charge in [-0.2, -0.15) is 0 Å². The molecule has 14 heavy (non-hydrogen) atoms. The third-order valence-electron chi connectivity index (χ3n) is 2.12. The number of aryl methyl sites for hydroxylation is 2.